The molecule has 1 saturated heterocycles. The van der Waals surface area contributed by atoms with Gasteiger partial charge in [-0.2, -0.15) is 0 Å². The van der Waals surface area contributed by atoms with Gasteiger partial charge in [0.05, 0.1) is 5.75 Å². The maximum absolute atomic E-state index is 12.1. The van der Waals surface area contributed by atoms with Crippen LogP contribution < -0.4 is 5.32 Å². The minimum atomic E-state index is -0.215. The Bertz CT molecular complexity index is 616. The predicted octanol–water partition coefficient (Wildman–Crippen LogP) is 1.99. The molecule has 1 fully saturated rings. The molecule has 122 valence electrons. The van der Waals surface area contributed by atoms with Crippen LogP contribution in [0.15, 0.2) is 24.3 Å². The summed E-state index contributed by atoms with van der Waals surface area (Å²) in [5.41, 5.74) is 2.74. The van der Waals surface area contributed by atoms with Gasteiger partial charge in [0.15, 0.2) is 0 Å². The van der Waals surface area contributed by atoms with Crippen LogP contribution in [0.1, 0.15) is 24.0 Å². The molecule has 0 spiro atoms. The molecule has 23 heavy (non-hydrogen) atoms. The van der Waals surface area contributed by atoms with Gasteiger partial charge in [0, 0.05) is 19.5 Å². The molecule has 5 nitrogen and oxygen atoms in total. The van der Waals surface area contributed by atoms with Crippen LogP contribution in [0.25, 0.3) is 0 Å². The summed E-state index contributed by atoms with van der Waals surface area (Å²) in [7, 11) is 0. The van der Waals surface area contributed by atoms with Gasteiger partial charge in [0.1, 0.15) is 0 Å². The van der Waals surface area contributed by atoms with Crippen molar-refractivity contribution in [3.05, 3.63) is 35.4 Å². The zero-order valence-electron chi connectivity index (χ0n) is 12.9. The Labute approximate surface area is 139 Å². The second kappa shape index (κ2) is 7.17. The van der Waals surface area contributed by atoms with Crippen LogP contribution in [0.5, 0.6) is 0 Å². The number of amides is 3. The maximum atomic E-state index is 12.1. The van der Waals surface area contributed by atoms with Gasteiger partial charge in [-0.15, -0.1) is 0 Å². The fourth-order valence-corrected chi connectivity index (χ4v) is 3.94. The Hall–Kier alpha value is -1.82. The zero-order chi connectivity index (χ0) is 16.2. The maximum Gasteiger partial charge on any atom is 0.288 e. The molecular formula is C17H20N2O3S. The van der Waals surface area contributed by atoms with Crippen molar-refractivity contribution in [1.29, 1.82) is 0 Å². The summed E-state index contributed by atoms with van der Waals surface area (Å²) in [4.78, 5) is 36.2. The Balaban J connectivity index is 1.42. The second-order valence-electron chi connectivity index (χ2n) is 6.03. The third-order valence-corrected chi connectivity index (χ3v) is 5.28. The number of carbonyl (C=O) groups excluding carboxylic acids is 3. The quantitative estimate of drug-likeness (QED) is 0.895. The highest BCUT2D eigenvalue weighted by Gasteiger charge is 2.29. The number of carbonyl (C=O) groups is 3. The highest BCUT2D eigenvalue weighted by Crippen LogP contribution is 2.27. The fraction of sp³-hybridized carbons (Fsp3) is 0.471. The molecule has 6 heteroatoms. The van der Waals surface area contributed by atoms with E-state index in [0.717, 1.165) is 31.0 Å². The fourth-order valence-electron chi connectivity index (χ4n) is 3.19. The number of benzene rings is 1. The van der Waals surface area contributed by atoms with Crippen molar-refractivity contribution in [3.63, 3.8) is 0 Å². The van der Waals surface area contributed by atoms with Gasteiger partial charge in [0.25, 0.3) is 5.24 Å². The normalized spacial score (nSPS) is 20.5. The molecule has 0 bridgehead atoms. The number of hydrogen-bond donors (Lipinski definition) is 1. The number of thioether (sulfide) groups is 1. The highest BCUT2D eigenvalue weighted by atomic mass is 32.2. The first-order chi connectivity index (χ1) is 11.1. The van der Waals surface area contributed by atoms with E-state index in [1.54, 1.807) is 0 Å². The van der Waals surface area contributed by atoms with E-state index >= 15 is 0 Å². The van der Waals surface area contributed by atoms with E-state index in [1.165, 1.54) is 16.0 Å². The van der Waals surface area contributed by atoms with Gasteiger partial charge < -0.3 is 5.32 Å². The first-order valence-corrected chi connectivity index (χ1v) is 8.92. The van der Waals surface area contributed by atoms with Crippen molar-refractivity contribution in [2.24, 2.45) is 5.92 Å². The van der Waals surface area contributed by atoms with E-state index < -0.39 is 0 Å². The lowest BCUT2D eigenvalue weighted by atomic mass is 9.82. The molecule has 1 aromatic rings. The van der Waals surface area contributed by atoms with Crippen molar-refractivity contribution >= 4 is 28.8 Å². The average Bonchev–Trinajstić information content (AvgIpc) is 2.86. The van der Waals surface area contributed by atoms with Crippen molar-refractivity contribution in [3.8, 4) is 0 Å². The summed E-state index contributed by atoms with van der Waals surface area (Å²) in [6.45, 7) is 0.601. The first-order valence-electron chi connectivity index (χ1n) is 7.94. The largest absolute Gasteiger partial charge is 0.354 e. The summed E-state index contributed by atoms with van der Waals surface area (Å²) in [5, 5.41) is 2.61. The van der Waals surface area contributed by atoms with Crippen LogP contribution in [0.3, 0.4) is 0 Å². The summed E-state index contributed by atoms with van der Waals surface area (Å²) >= 11 is 1.02. The topological polar surface area (TPSA) is 66.5 Å². The van der Waals surface area contributed by atoms with Crippen LogP contribution in [-0.4, -0.2) is 40.8 Å². The number of fused-ring (bicyclic) bond motifs is 1. The third-order valence-electron chi connectivity index (χ3n) is 4.42. The van der Waals surface area contributed by atoms with Crippen molar-refractivity contribution in [2.45, 2.75) is 25.7 Å². The minimum absolute atomic E-state index is 0.00105. The van der Waals surface area contributed by atoms with Gasteiger partial charge in [-0.05, 0) is 36.3 Å². The zero-order valence-corrected chi connectivity index (χ0v) is 13.7. The van der Waals surface area contributed by atoms with Crippen molar-refractivity contribution in [2.75, 3.05) is 18.8 Å². The molecule has 1 aliphatic heterocycles. The molecule has 3 amide bonds. The molecule has 1 aromatic carbocycles. The Morgan fingerprint density at radius 1 is 1.26 bits per heavy atom. The van der Waals surface area contributed by atoms with Crippen LogP contribution >= 0.6 is 11.8 Å². The standard InChI is InChI=1S/C17H20N2O3S/c20-15(18-7-8-19-16(21)11-23-17(19)22)10-12-5-6-13-3-1-2-4-14(13)9-12/h1-4,12H,5-11H2,(H,18,20)/t12-/m0/s1. The van der Waals surface area contributed by atoms with Crippen LogP contribution in [0, 0.1) is 5.92 Å². The summed E-state index contributed by atoms with van der Waals surface area (Å²) in [6, 6.07) is 8.41. The molecule has 1 aliphatic carbocycles. The Morgan fingerprint density at radius 2 is 2.04 bits per heavy atom. The van der Waals surface area contributed by atoms with E-state index in [0.29, 0.717) is 18.9 Å². The molecule has 1 atom stereocenters. The van der Waals surface area contributed by atoms with Crippen molar-refractivity contribution in [1.82, 2.24) is 10.2 Å². The second-order valence-corrected chi connectivity index (χ2v) is 6.96. The first kappa shape index (κ1) is 16.1. The lowest BCUT2D eigenvalue weighted by Crippen LogP contribution is -2.38. The van der Waals surface area contributed by atoms with E-state index in [4.69, 9.17) is 0 Å². The monoisotopic (exact) mass is 332 g/mol. The van der Waals surface area contributed by atoms with Crippen LogP contribution in [0.2, 0.25) is 0 Å². The average molecular weight is 332 g/mol. The molecule has 0 saturated carbocycles. The van der Waals surface area contributed by atoms with E-state index in [-0.39, 0.29) is 29.4 Å². The lowest BCUT2D eigenvalue weighted by molar-refractivity contribution is -0.126. The molecule has 3 rings (SSSR count). The Morgan fingerprint density at radius 3 is 2.78 bits per heavy atom. The molecular weight excluding hydrogens is 312 g/mol. The summed E-state index contributed by atoms with van der Waals surface area (Å²) in [5.74, 6) is 0.420. The Kier molecular flexibility index (Phi) is 5.00. The van der Waals surface area contributed by atoms with Gasteiger partial charge >= 0.3 is 0 Å². The van der Waals surface area contributed by atoms with Crippen molar-refractivity contribution < 1.29 is 14.4 Å². The number of rotatable bonds is 5. The third kappa shape index (κ3) is 3.93. The van der Waals surface area contributed by atoms with Gasteiger partial charge in [-0.1, -0.05) is 36.0 Å². The van der Waals surface area contributed by atoms with Gasteiger partial charge in [0.2, 0.25) is 11.8 Å². The lowest BCUT2D eigenvalue weighted by Gasteiger charge is -2.24. The predicted molar refractivity (Wildman–Crippen MR) is 89.2 cm³/mol. The van der Waals surface area contributed by atoms with Gasteiger partial charge in [-0.25, -0.2) is 0 Å². The molecule has 0 aromatic heterocycles. The molecule has 2 aliphatic rings. The molecule has 0 unspecified atom stereocenters. The van der Waals surface area contributed by atoms with Crippen LogP contribution in [-0.2, 0) is 22.4 Å². The number of aryl methyl sites for hydroxylation is 1. The van der Waals surface area contributed by atoms with Crippen LogP contribution in [0.4, 0.5) is 4.79 Å². The van der Waals surface area contributed by atoms with Gasteiger partial charge in [-0.3, -0.25) is 19.3 Å². The molecule has 0 radical (unpaired) electrons. The number of hydrogen-bond acceptors (Lipinski definition) is 4. The van der Waals surface area contributed by atoms with E-state index in [2.05, 4.69) is 23.5 Å². The number of nitrogens with one attached hydrogen (secondary N) is 1. The number of nitrogens with zero attached hydrogens (tertiary/aromatic N) is 1. The number of imide groups is 1. The SMILES string of the molecule is O=C(C[C@H]1CCc2ccccc2C1)NCCN1C(=O)CSC1=O. The molecule has 1 heterocycles. The summed E-state index contributed by atoms with van der Waals surface area (Å²) in [6.07, 6.45) is 3.51. The highest BCUT2D eigenvalue weighted by molar-refractivity contribution is 8.14. The smallest absolute Gasteiger partial charge is 0.288 e. The van der Waals surface area contributed by atoms with E-state index in [9.17, 15) is 14.4 Å². The summed E-state index contributed by atoms with van der Waals surface area (Å²) < 4.78 is 0. The molecule has 1 N–H and O–H groups in total. The minimum Gasteiger partial charge on any atom is -0.354 e. The van der Waals surface area contributed by atoms with E-state index in [1.807, 2.05) is 6.07 Å².